The molecule has 2 aliphatic heterocycles. The Hall–Kier alpha value is -3.46. The Morgan fingerprint density at radius 3 is 2.51 bits per heavy atom. The van der Waals surface area contributed by atoms with E-state index in [0.29, 0.717) is 24.3 Å². The number of pyridine rings is 1. The summed E-state index contributed by atoms with van der Waals surface area (Å²) in [6.45, 7) is 2.97. The Morgan fingerprint density at radius 1 is 1.06 bits per heavy atom. The number of nitrogens with one attached hydrogen (secondary N) is 1. The van der Waals surface area contributed by atoms with Crippen LogP contribution < -0.4 is 20.4 Å². The number of aromatic nitrogens is 1. The number of ether oxygens (including phenoxy) is 1. The van der Waals surface area contributed by atoms with Gasteiger partial charge in [0.05, 0.1) is 28.5 Å². The predicted molar refractivity (Wildman–Crippen MR) is 129 cm³/mol. The van der Waals surface area contributed by atoms with Gasteiger partial charge in [0.15, 0.2) is 11.6 Å². The van der Waals surface area contributed by atoms with Gasteiger partial charge in [0.2, 0.25) is 5.43 Å². The molecule has 3 heterocycles. The lowest BCUT2D eigenvalue weighted by Gasteiger charge is -2.29. The molecule has 2 N–H and O–H groups in total. The first-order chi connectivity index (χ1) is 16.9. The van der Waals surface area contributed by atoms with Crippen LogP contribution in [0.1, 0.15) is 43.6 Å². The van der Waals surface area contributed by atoms with E-state index in [4.69, 9.17) is 9.84 Å². The van der Waals surface area contributed by atoms with Crippen molar-refractivity contribution in [2.45, 2.75) is 38.0 Å². The zero-order chi connectivity index (χ0) is 24.5. The third-order valence-corrected chi connectivity index (χ3v) is 6.98. The fourth-order valence-corrected chi connectivity index (χ4v) is 5.22. The van der Waals surface area contributed by atoms with Crippen molar-refractivity contribution >= 4 is 22.7 Å². The van der Waals surface area contributed by atoms with E-state index < -0.39 is 29.0 Å². The topological polar surface area (TPSA) is 83.8 Å². The molecule has 2 saturated heterocycles. The maximum absolute atomic E-state index is 15.9. The Morgan fingerprint density at radius 2 is 1.80 bits per heavy atom. The molecular formula is C26H27F2N3O4. The number of benzene rings is 2. The molecule has 35 heavy (non-hydrogen) atoms. The lowest BCUT2D eigenvalue weighted by molar-refractivity contribution is 0.144. The zero-order valence-corrected chi connectivity index (χ0v) is 19.2. The van der Waals surface area contributed by atoms with Crippen LogP contribution in [-0.2, 0) is 0 Å². The molecule has 2 aromatic carbocycles. The molecule has 2 aliphatic rings. The lowest BCUT2D eigenvalue weighted by atomic mass is 9.89. The Balaban J connectivity index is 1.73. The van der Waals surface area contributed by atoms with Crippen LogP contribution in [0.15, 0.2) is 41.3 Å². The van der Waals surface area contributed by atoms with Crippen molar-refractivity contribution in [3.63, 3.8) is 0 Å². The third kappa shape index (κ3) is 4.48. The van der Waals surface area contributed by atoms with Gasteiger partial charge in [-0.3, -0.25) is 4.79 Å². The summed E-state index contributed by atoms with van der Waals surface area (Å²) in [6.07, 6.45) is 4.03. The molecule has 0 unspecified atom stereocenters. The molecule has 0 bridgehead atoms. The van der Waals surface area contributed by atoms with E-state index in [9.17, 15) is 9.59 Å². The highest BCUT2D eigenvalue weighted by Crippen LogP contribution is 2.33. The largest absolute Gasteiger partial charge is 0.511 e. The molecule has 0 atom stereocenters. The number of halogens is 2. The molecule has 0 saturated carbocycles. The summed E-state index contributed by atoms with van der Waals surface area (Å²) in [7, 11) is 0. The molecule has 1 aromatic heterocycles. The van der Waals surface area contributed by atoms with Gasteiger partial charge >= 0.3 is 6.16 Å². The summed E-state index contributed by atoms with van der Waals surface area (Å²) in [4.78, 5) is 26.2. The number of carbonyl (C=O) groups is 1. The van der Waals surface area contributed by atoms with E-state index >= 15 is 8.78 Å². The molecule has 5 rings (SSSR count). The average Bonchev–Trinajstić information content (AvgIpc) is 2.87. The first-order valence-corrected chi connectivity index (χ1v) is 12.0. The van der Waals surface area contributed by atoms with Crippen LogP contribution in [0.4, 0.5) is 19.3 Å². The minimum atomic E-state index is -1.68. The van der Waals surface area contributed by atoms with Gasteiger partial charge in [0, 0.05) is 13.1 Å². The summed E-state index contributed by atoms with van der Waals surface area (Å²) < 4.78 is 37.2. The van der Waals surface area contributed by atoms with E-state index in [1.807, 2.05) is 4.90 Å². The van der Waals surface area contributed by atoms with Gasteiger partial charge in [-0.2, -0.15) is 0 Å². The average molecular weight is 484 g/mol. The molecule has 2 fully saturated rings. The summed E-state index contributed by atoms with van der Waals surface area (Å²) in [5, 5.41) is 12.3. The third-order valence-electron chi connectivity index (χ3n) is 6.98. The standard InChI is InChI=1S/C26H27F2N3O4/c27-19-13-18-21(14-22(19)30-11-2-1-3-12-30)31(15-23(25(18)32)35-26(33)34)20-6-4-5-17(24(20)28)16-7-9-29-10-8-16/h4-6,13-16,29H,1-3,7-12H2,(H,33,34). The molecule has 0 amide bonds. The van der Waals surface area contributed by atoms with Crippen molar-refractivity contribution in [3.8, 4) is 11.4 Å². The van der Waals surface area contributed by atoms with Crippen LogP contribution in [0.2, 0.25) is 0 Å². The molecule has 7 nitrogen and oxygen atoms in total. The first kappa shape index (κ1) is 23.3. The maximum Gasteiger partial charge on any atom is 0.511 e. The van der Waals surface area contributed by atoms with Crippen molar-refractivity contribution in [2.75, 3.05) is 31.1 Å². The Kier molecular flexibility index (Phi) is 6.42. The van der Waals surface area contributed by atoms with Crippen molar-refractivity contribution < 1.29 is 23.4 Å². The van der Waals surface area contributed by atoms with Crippen LogP contribution in [-0.4, -0.2) is 42.0 Å². The predicted octanol–water partition coefficient (Wildman–Crippen LogP) is 4.78. The SMILES string of the molecule is O=C(O)Oc1cn(-c2cccc(C3CCNCC3)c2F)c2cc(N3CCCCC3)c(F)cc2c1=O. The fourth-order valence-electron chi connectivity index (χ4n) is 5.22. The van der Waals surface area contributed by atoms with E-state index in [1.165, 1.54) is 10.8 Å². The quantitative estimate of drug-likeness (QED) is 0.520. The van der Waals surface area contributed by atoms with Crippen molar-refractivity contribution in [2.24, 2.45) is 0 Å². The molecule has 0 radical (unpaired) electrons. The Bertz CT molecular complexity index is 1330. The highest BCUT2D eigenvalue weighted by molar-refractivity contribution is 5.86. The van der Waals surface area contributed by atoms with Gasteiger partial charge in [-0.1, -0.05) is 12.1 Å². The number of hydrogen-bond acceptors (Lipinski definition) is 5. The summed E-state index contributed by atoms with van der Waals surface area (Å²) in [5.41, 5.74) is 0.577. The van der Waals surface area contributed by atoms with Gasteiger partial charge in [-0.25, -0.2) is 13.6 Å². The molecule has 184 valence electrons. The number of hydrogen-bond donors (Lipinski definition) is 2. The summed E-state index contributed by atoms with van der Waals surface area (Å²) in [6, 6.07) is 7.72. The number of fused-ring (bicyclic) bond motifs is 1. The van der Waals surface area contributed by atoms with Gasteiger partial charge < -0.3 is 24.6 Å². The van der Waals surface area contributed by atoms with Crippen LogP contribution in [0.25, 0.3) is 16.6 Å². The van der Waals surface area contributed by atoms with Crippen LogP contribution in [0, 0.1) is 11.6 Å². The minimum Gasteiger partial charge on any atom is -0.449 e. The van der Waals surface area contributed by atoms with Gasteiger partial charge in [0.1, 0.15) is 5.82 Å². The number of nitrogens with zero attached hydrogens (tertiary/aromatic N) is 2. The zero-order valence-electron chi connectivity index (χ0n) is 19.2. The number of carboxylic acid groups (broad SMARTS) is 1. The van der Waals surface area contributed by atoms with Gasteiger partial charge in [-0.05, 0) is 74.9 Å². The van der Waals surface area contributed by atoms with Crippen LogP contribution in [0.5, 0.6) is 5.75 Å². The lowest BCUT2D eigenvalue weighted by Crippen LogP contribution is -2.30. The smallest absolute Gasteiger partial charge is 0.449 e. The maximum atomic E-state index is 15.9. The van der Waals surface area contributed by atoms with Gasteiger partial charge in [0.25, 0.3) is 0 Å². The number of rotatable bonds is 4. The minimum absolute atomic E-state index is 0.0398. The number of anilines is 1. The van der Waals surface area contributed by atoms with Crippen molar-refractivity contribution in [3.05, 3.63) is 63.9 Å². The van der Waals surface area contributed by atoms with E-state index in [-0.39, 0.29) is 22.5 Å². The fraction of sp³-hybridized carbons (Fsp3) is 0.385. The molecule has 0 aliphatic carbocycles. The molecule has 0 spiro atoms. The van der Waals surface area contributed by atoms with Crippen LogP contribution in [0.3, 0.4) is 0 Å². The summed E-state index contributed by atoms with van der Waals surface area (Å²) in [5.74, 6) is -1.51. The highest BCUT2D eigenvalue weighted by Gasteiger charge is 2.24. The second kappa shape index (κ2) is 9.65. The summed E-state index contributed by atoms with van der Waals surface area (Å²) >= 11 is 0. The first-order valence-electron chi connectivity index (χ1n) is 12.0. The van der Waals surface area contributed by atoms with E-state index in [0.717, 1.165) is 51.3 Å². The normalized spacial score (nSPS) is 17.0. The Labute approximate surface area is 200 Å². The monoisotopic (exact) mass is 483 g/mol. The second-order valence-corrected chi connectivity index (χ2v) is 9.13. The van der Waals surface area contributed by atoms with Gasteiger partial charge in [-0.15, -0.1) is 0 Å². The molecule has 9 heteroatoms. The van der Waals surface area contributed by atoms with Crippen molar-refractivity contribution in [1.29, 1.82) is 0 Å². The van der Waals surface area contributed by atoms with E-state index in [1.54, 1.807) is 24.3 Å². The second-order valence-electron chi connectivity index (χ2n) is 9.13. The molecular weight excluding hydrogens is 456 g/mol. The van der Waals surface area contributed by atoms with Crippen molar-refractivity contribution in [1.82, 2.24) is 9.88 Å². The van der Waals surface area contributed by atoms with Crippen LogP contribution >= 0.6 is 0 Å². The number of piperidine rings is 2. The highest BCUT2D eigenvalue weighted by atomic mass is 19.1. The molecule has 3 aromatic rings. The van der Waals surface area contributed by atoms with E-state index in [2.05, 4.69) is 5.32 Å².